The molecule has 1 unspecified atom stereocenters. The third-order valence-electron chi connectivity index (χ3n) is 10.6. The zero-order valence-corrected chi connectivity index (χ0v) is 41.7. The molecule has 65 heavy (non-hydrogen) atoms. The summed E-state index contributed by atoms with van der Waals surface area (Å²) in [5.41, 5.74) is 0. The maximum Gasteiger partial charge on any atom is 0.306 e. The average molecular weight is 899 g/mol. The summed E-state index contributed by atoms with van der Waals surface area (Å²) in [6.45, 7) is 6.29. The van der Waals surface area contributed by atoms with Crippen LogP contribution in [0.2, 0.25) is 0 Å². The van der Waals surface area contributed by atoms with Gasteiger partial charge in [-0.05, 0) is 89.9 Å². The maximum atomic E-state index is 12.8. The van der Waals surface area contributed by atoms with Crippen molar-refractivity contribution in [3.63, 3.8) is 0 Å². The Morgan fingerprint density at radius 2 is 0.677 bits per heavy atom. The zero-order chi connectivity index (χ0) is 47.2. The van der Waals surface area contributed by atoms with Gasteiger partial charge >= 0.3 is 17.9 Å². The van der Waals surface area contributed by atoms with Crippen molar-refractivity contribution in [2.24, 2.45) is 0 Å². The first kappa shape index (κ1) is 60.8. The molecule has 0 amide bonds. The quantitative estimate of drug-likeness (QED) is 0.0199. The predicted octanol–water partition coefficient (Wildman–Crippen LogP) is 17.3. The number of unbranched alkanes of at least 4 members (excludes halogenated alkanes) is 20. The number of rotatable bonds is 45. The fraction of sp³-hybridized carbons (Fsp3) is 0.610. The summed E-state index contributed by atoms with van der Waals surface area (Å²) in [5, 5.41) is 0. The van der Waals surface area contributed by atoms with E-state index in [9.17, 15) is 14.4 Å². The van der Waals surface area contributed by atoms with Gasteiger partial charge in [0.1, 0.15) is 13.2 Å². The Morgan fingerprint density at radius 1 is 0.338 bits per heavy atom. The lowest BCUT2D eigenvalue weighted by Crippen LogP contribution is -2.30. The van der Waals surface area contributed by atoms with Gasteiger partial charge in [0.15, 0.2) is 6.10 Å². The minimum atomic E-state index is -0.807. The van der Waals surface area contributed by atoms with Crippen molar-refractivity contribution in [2.75, 3.05) is 13.2 Å². The highest BCUT2D eigenvalue weighted by atomic mass is 16.6. The second kappa shape index (κ2) is 52.4. The maximum absolute atomic E-state index is 12.8. The van der Waals surface area contributed by atoms with Gasteiger partial charge in [-0.1, -0.05) is 226 Å². The molecule has 0 spiro atoms. The van der Waals surface area contributed by atoms with E-state index >= 15 is 0 Å². The van der Waals surface area contributed by atoms with Gasteiger partial charge in [-0.3, -0.25) is 14.4 Å². The van der Waals surface area contributed by atoms with E-state index < -0.39 is 6.10 Å². The van der Waals surface area contributed by atoms with Crippen molar-refractivity contribution in [1.29, 1.82) is 0 Å². The van der Waals surface area contributed by atoms with Gasteiger partial charge in [0.2, 0.25) is 0 Å². The van der Waals surface area contributed by atoms with Gasteiger partial charge in [0.05, 0.1) is 0 Å². The first-order valence-electron chi connectivity index (χ1n) is 26.1. The van der Waals surface area contributed by atoms with Crippen LogP contribution in [0.25, 0.3) is 0 Å². The van der Waals surface area contributed by atoms with Crippen LogP contribution in [0, 0.1) is 0 Å². The lowest BCUT2D eigenvalue weighted by Gasteiger charge is -2.18. The number of allylic oxidation sites excluding steroid dienone is 20. The SMILES string of the molecule is CC\C=C/C=C\C=C/C=C\CCCCCCCC(=O)OC(COC(=O)CCCCCCC\C=C/C=C\C=C/C=C\CCCCC)COC(=O)CCCCCCCCC/C=C\C/C=C\CC. The third-order valence-corrected chi connectivity index (χ3v) is 10.6. The molecule has 0 aromatic carbocycles. The van der Waals surface area contributed by atoms with Crippen LogP contribution in [0.5, 0.6) is 0 Å². The van der Waals surface area contributed by atoms with E-state index in [1.807, 2.05) is 24.3 Å². The van der Waals surface area contributed by atoms with Crippen molar-refractivity contribution >= 4 is 17.9 Å². The topological polar surface area (TPSA) is 78.9 Å². The number of esters is 3. The molecule has 0 aliphatic carbocycles. The molecular weight excluding hydrogens is 805 g/mol. The minimum absolute atomic E-state index is 0.104. The summed E-state index contributed by atoms with van der Waals surface area (Å²) in [4.78, 5) is 38.0. The van der Waals surface area contributed by atoms with Crippen LogP contribution in [0.1, 0.15) is 213 Å². The molecule has 0 saturated carbocycles. The molecule has 0 aliphatic heterocycles. The lowest BCUT2D eigenvalue weighted by atomic mass is 10.1. The molecule has 0 N–H and O–H groups in total. The number of ether oxygens (including phenoxy) is 3. The molecule has 0 aromatic heterocycles. The smallest absolute Gasteiger partial charge is 0.306 e. The largest absolute Gasteiger partial charge is 0.462 e. The van der Waals surface area contributed by atoms with Gasteiger partial charge in [-0.25, -0.2) is 0 Å². The summed E-state index contributed by atoms with van der Waals surface area (Å²) < 4.78 is 16.8. The minimum Gasteiger partial charge on any atom is -0.462 e. The van der Waals surface area contributed by atoms with E-state index in [0.717, 1.165) is 128 Å². The molecule has 6 nitrogen and oxygen atoms in total. The predicted molar refractivity (Wildman–Crippen MR) is 279 cm³/mol. The molecule has 0 saturated heterocycles. The van der Waals surface area contributed by atoms with E-state index in [0.29, 0.717) is 19.3 Å². The van der Waals surface area contributed by atoms with Crippen LogP contribution in [-0.2, 0) is 28.6 Å². The van der Waals surface area contributed by atoms with Crippen molar-refractivity contribution in [1.82, 2.24) is 0 Å². The lowest BCUT2D eigenvalue weighted by molar-refractivity contribution is -0.167. The molecule has 6 heteroatoms. The number of carbonyl (C=O) groups is 3. The molecule has 366 valence electrons. The summed E-state index contributed by atoms with van der Waals surface area (Å²) in [5.74, 6) is -0.965. The fourth-order valence-corrected chi connectivity index (χ4v) is 6.74. The third kappa shape index (κ3) is 50.7. The molecule has 0 bridgehead atoms. The second-order valence-electron chi connectivity index (χ2n) is 16.8. The highest BCUT2D eigenvalue weighted by Crippen LogP contribution is 2.13. The first-order chi connectivity index (χ1) is 32.0. The van der Waals surface area contributed by atoms with Gasteiger partial charge in [0.25, 0.3) is 0 Å². The summed E-state index contributed by atoms with van der Waals surface area (Å²) in [6, 6.07) is 0. The molecule has 0 aliphatic rings. The van der Waals surface area contributed by atoms with Gasteiger partial charge in [0, 0.05) is 19.3 Å². The second-order valence-corrected chi connectivity index (χ2v) is 16.8. The molecule has 1 atom stereocenters. The van der Waals surface area contributed by atoms with Gasteiger partial charge in [-0.15, -0.1) is 0 Å². The van der Waals surface area contributed by atoms with Gasteiger partial charge < -0.3 is 14.2 Å². The molecule has 0 radical (unpaired) electrons. The Labute approximate surface area is 399 Å². The van der Waals surface area contributed by atoms with Crippen molar-refractivity contribution in [3.8, 4) is 0 Å². The van der Waals surface area contributed by atoms with E-state index in [4.69, 9.17) is 14.2 Å². The normalized spacial score (nSPS) is 13.1. The van der Waals surface area contributed by atoms with Crippen molar-refractivity contribution < 1.29 is 28.6 Å². The van der Waals surface area contributed by atoms with Crippen molar-refractivity contribution in [2.45, 2.75) is 219 Å². The first-order valence-corrected chi connectivity index (χ1v) is 26.1. The average Bonchev–Trinajstić information content (AvgIpc) is 3.30. The van der Waals surface area contributed by atoms with Crippen LogP contribution in [0.15, 0.2) is 122 Å². The van der Waals surface area contributed by atoms with E-state index in [1.165, 1.54) is 44.9 Å². The van der Waals surface area contributed by atoms with E-state index in [2.05, 4.69) is 118 Å². The zero-order valence-electron chi connectivity index (χ0n) is 41.7. The summed E-state index contributed by atoms with van der Waals surface area (Å²) >= 11 is 0. The number of carbonyl (C=O) groups excluding carboxylic acids is 3. The van der Waals surface area contributed by atoms with Crippen LogP contribution < -0.4 is 0 Å². The van der Waals surface area contributed by atoms with Crippen molar-refractivity contribution in [3.05, 3.63) is 122 Å². The Balaban J connectivity index is 4.51. The van der Waals surface area contributed by atoms with Crippen LogP contribution in [0.3, 0.4) is 0 Å². The van der Waals surface area contributed by atoms with Crippen LogP contribution >= 0.6 is 0 Å². The molecule has 0 fully saturated rings. The van der Waals surface area contributed by atoms with E-state index in [-0.39, 0.29) is 31.1 Å². The monoisotopic (exact) mass is 899 g/mol. The van der Waals surface area contributed by atoms with Gasteiger partial charge in [-0.2, -0.15) is 0 Å². The number of hydrogen-bond acceptors (Lipinski definition) is 6. The Hall–Kier alpha value is -4.19. The Morgan fingerprint density at radius 3 is 1.11 bits per heavy atom. The van der Waals surface area contributed by atoms with Crippen LogP contribution in [-0.4, -0.2) is 37.2 Å². The molecular formula is C59H94O6. The number of hydrogen-bond donors (Lipinski definition) is 0. The Kier molecular flexibility index (Phi) is 49.1. The standard InChI is InChI=1S/C59H94O6/c1-4-7-10-13-16-19-22-25-28-29-30-32-34-37-40-43-46-49-52-58(61)64-55-56(54-63-57(60)51-48-45-42-39-36-33-27-24-21-18-15-12-9-6-3)65-59(62)53-50-47-44-41-38-35-31-26-23-20-17-14-11-8-5-2/h8-9,11-12,14,16-23,25-26,28-32,56H,4-7,10,13,15,24,27,33-55H2,1-3H3/b11-8-,12-9-,17-14-,19-16-,21-18-,23-20-,25-22-,29-28-,31-26-,32-30-. The van der Waals surface area contributed by atoms with Crippen LogP contribution in [0.4, 0.5) is 0 Å². The highest BCUT2D eigenvalue weighted by Gasteiger charge is 2.19. The van der Waals surface area contributed by atoms with E-state index in [1.54, 1.807) is 0 Å². The highest BCUT2D eigenvalue weighted by molar-refractivity contribution is 5.71. The Bertz CT molecular complexity index is 1400. The molecule has 0 aromatic rings. The molecule has 0 heterocycles. The summed E-state index contributed by atoms with van der Waals surface area (Å²) in [7, 11) is 0. The fourth-order valence-electron chi connectivity index (χ4n) is 6.74. The molecule has 0 rings (SSSR count). The summed E-state index contributed by atoms with van der Waals surface area (Å²) in [6.07, 6.45) is 71.7.